The van der Waals surface area contributed by atoms with E-state index in [-0.39, 0.29) is 12.7 Å². The number of benzene rings is 1. The molecule has 0 spiro atoms. The molecular weight excluding hydrogens is 268 g/mol. The third-order valence-electron chi connectivity index (χ3n) is 4.87. The van der Waals surface area contributed by atoms with Gasteiger partial charge in [0, 0.05) is 19.4 Å². The van der Waals surface area contributed by atoms with E-state index >= 15 is 0 Å². The number of carbonyl (C=O) groups is 1. The molecule has 0 aromatic heterocycles. The highest BCUT2D eigenvalue weighted by molar-refractivity contribution is 5.84. The second kappa shape index (κ2) is 6.16. The summed E-state index contributed by atoms with van der Waals surface area (Å²) in [6, 6.07) is 6.20. The summed E-state index contributed by atoms with van der Waals surface area (Å²) in [6.07, 6.45) is 2.56. The second-order valence-electron chi connectivity index (χ2n) is 5.98. The molecular formula is C17H22O4. The molecule has 0 radical (unpaired) electrons. The molecule has 21 heavy (non-hydrogen) atoms. The average molecular weight is 290 g/mol. The van der Waals surface area contributed by atoms with Gasteiger partial charge >= 0.3 is 0 Å². The van der Waals surface area contributed by atoms with E-state index in [1.165, 1.54) is 11.1 Å². The van der Waals surface area contributed by atoms with Gasteiger partial charge in [0.25, 0.3) is 0 Å². The number of fused-ring (bicyclic) bond motifs is 2. The van der Waals surface area contributed by atoms with E-state index in [0.717, 1.165) is 18.6 Å². The Hall–Kier alpha value is -1.39. The highest BCUT2D eigenvalue weighted by atomic mass is 16.7. The summed E-state index contributed by atoms with van der Waals surface area (Å²) in [4.78, 5) is 12.3. The molecule has 2 aliphatic carbocycles. The molecule has 0 amide bonds. The van der Waals surface area contributed by atoms with E-state index in [2.05, 4.69) is 6.07 Å². The predicted octanol–water partition coefficient (Wildman–Crippen LogP) is 2.24. The molecule has 114 valence electrons. The number of carbonyl (C=O) groups excluding carboxylic acids is 1. The lowest BCUT2D eigenvalue weighted by Gasteiger charge is -2.31. The number of hydrogen-bond donors (Lipinski definition) is 0. The zero-order chi connectivity index (χ0) is 14.8. The fourth-order valence-electron chi connectivity index (χ4n) is 3.88. The van der Waals surface area contributed by atoms with E-state index in [9.17, 15) is 4.79 Å². The lowest BCUT2D eigenvalue weighted by Crippen LogP contribution is -2.29. The normalized spacial score (nSPS) is 27.3. The topological polar surface area (TPSA) is 44.8 Å². The monoisotopic (exact) mass is 290 g/mol. The van der Waals surface area contributed by atoms with Gasteiger partial charge in [-0.15, -0.1) is 0 Å². The molecule has 1 aromatic rings. The smallest absolute Gasteiger partial charge is 0.146 e. The van der Waals surface area contributed by atoms with E-state index in [0.29, 0.717) is 30.6 Å². The summed E-state index contributed by atoms with van der Waals surface area (Å²) in [5.41, 5.74) is 2.61. The first-order valence-corrected chi connectivity index (χ1v) is 7.48. The Balaban J connectivity index is 1.79. The number of ketones is 1. The molecule has 0 N–H and O–H groups in total. The molecule has 1 aromatic carbocycles. The Labute approximate surface area is 125 Å². The van der Waals surface area contributed by atoms with Crippen LogP contribution in [0.1, 0.15) is 17.5 Å². The standard InChI is InChI=1S/C17H22O4/c1-19-10-21-9-15-13-6-11-4-3-5-17(20-2)14(11)7-12(13)8-16(15)18/h3-5,12-13,15H,6-10H2,1-2H3/t12-,13-,15+/m0/s1. The fraction of sp³-hybridized carbons (Fsp3) is 0.588. The van der Waals surface area contributed by atoms with Crippen LogP contribution < -0.4 is 4.74 Å². The minimum absolute atomic E-state index is 0.0181. The summed E-state index contributed by atoms with van der Waals surface area (Å²) < 4.78 is 15.8. The quantitative estimate of drug-likeness (QED) is 0.616. The maximum absolute atomic E-state index is 12.3. The zero-order valence-corrected chi connectivity index (χ0v) is 12.6. The molecule has 4 nitrogen and oxygen atoms in total. The van der Waals surface area contributed by atoms with Crippen molar-refractivity contribution in [2.24, 2.45) is 17.8 Å². The number of methoxy groups -OCH3 is 2. The van der Waals surface area contributed by atoms with Gasteiger partial charge in [0.05, 0.1) is 13.7 Å². The Morgan fingerprint density at radius 1 is 1.19 bits per heavy atom. The van der Waals surface area contributed by atoms with Gasteiger partial charge in [-0.25, -0.2) is 0 Å². The Bertz CT molecular complexity index is 526. The largest absolute Gasteiger partial charge is 0.496 e. The van der Waals surface area contributed by atoms with E-state index in [1.807, 2.05) is 12.1 Å². The first-order chi connectivity index (χ1) is 10.2. The van der Waals surface area contributed by atoms with Crippen LogP contribution in [-0.2, 0) is 27.1 Å². The molecule has 2 aliphatic rings. The van der Waals surface area contributed by atoms with Gasteiger partial charge in [-0.05, 0) is 41.9 Å². The van der Waals surface area contributed by atoms with Crippen LogP contribution in [-0.4, -0.2) is 33.4 Å². The van der Waals surface area contributed by atoms with Crippen molar-refractivity contribution in [2.45, 2.75) is 19.3 Å². The number of hydrogen-bond acceptors (Lipinski definition) is 4. The summed E-state index contributed by atoms with van der Waals surface area (Å²) in [5.74, 6) is 2.14. The molecule has 0 saturated heterocycles. The van der Waals surface area contributed by atoms with Crippen molar-refractivity contribution in [3.63, 3.8) is 0 Å². The molecule has 0 heterocycles. The molecule has 0 unspecified atom stereocenters. The molecule has 3 rings (SSSR count). The molecule has 0 aliphatic heterocycles. The number of ether oxygens (including phenoxy) is 3. The lowest BCUT2D eigenvalue weighted by atomic mass is 9.75. The van der Waals surface area contributed by atoms with Crippen LogP contribution in [0.5, 0.6) is 5.75 Å². The van der Waals surface area contributed by atoms with E-state index in [4.69, 9.17) is 14.2 Å². The van der Waals surface area contributed by atoms with Crippen LogP contribution in [0.4, 0.5) is 0 Å². The van der Waals surface area contributed by atoms with Crippen LogP contribution >= 0.6 is 0 Å². The van der Waals surface area contributed by atoms with Crippen LogP contribution in [0.15, 0.2) is 18.2 Å². The molecule has 1 saturated carbocycles. The van der Waals surface area contributed by atoms with Gasteiger partial charge in [-0.3, -0.25) is 4.79 Å². The third-order valence-corrected chi connectivity index (χ3v) is 4.87. The first-order valence-electron chi connectivity index (χ1n) is 7.48. The molecule has 4 heteroatoms. The van der Waals surface area contributed by atoms with Crippen LogP contribution in [0.2, 0.25) is 0 Å². The Kier molecular flexibility index (Phi) is 4.27. The number of rotatable bonds is 5. The minimum atomic E-state index is 0.0181. The average Bonchev–Trinajstić information content (AvgIpc) is 2.80. The van der Waals surface area contributed by atoms with Crippen molar-refractivity contribution in [3.05, 3.63) is 29.3 Å². The van der Waals surface area contributed by atoms with Crippen LogP contribution in [0.25, 0.3) is 0 Å². The van der Waals surface area contributed by atoms with Gasteiger partial charge in [-0.2, -0.15) is 0 Å². The second-order valence-corrected chi connectivity index (χ2v) is 5.98. The zero-order valence-electron chi connectivity index (χ0n) is 12.6. The SMILES string of the molecule is COCOC[C@H]1C(=O)C[C@@H]2Cc3c(cccc3OC)C[C@@H]21. The Morgan fingerprint density at radius 3 is 2.81 bits per heavy atom. The van der Waals surface area contributed by atoms with Crippen LogP contribution in [0.3, 0.4) is 0 Å². The lowest BCUT2D eigenvalue weighted by molar-refractivity contribution is -0.125. The molecule has 1 fully saturated rings. The van der Waals surface area contributed by atoms with Gasteiger partial charge in [0.1, 0.15) is 18.3 Å². The Morgan fingerprint density at radius 2 is 2.05 bits per heavy atom. The van der Waals surface area contributed by atoms with E-state index < -0.39 is 0 Å². The summed E-state index contributed by atoms with van der Waals surface area (Å²) >= 11 is 0. The maximum atomic E-state index is 12.3. The van der Waals surface area contributed by atoms with Crippen molar-refractivity contribution in [1.29, 1.82) is 0 Å². The van der Waals surface area contributed by atoms with Crippen molar-refractivity contribution in [2.75, 3.05) is 27.6 Å². The molecule has 3 atom stereocenters. The highest BCUT2D eigenvalue weighted by Crippen LogP contribution is 2.45. The van der Waals surface area contributed by atoms with Crippen LogP contribution in [0, 0.1) is 17.8 Å². The molecule has 0 bridgehead atoms. The maximum Gasteiger partial charge on any atom is 0.146 e. The summed E-state index contributed by atoms with van der Waals surface area (Å²) in [7, 11) is 3.31. The highest BCUT2D eigenvalue weighted by Gasteiger charge is 2.45. The number of Topliss-reactive ketones (excluding diaryl/α,β-unsaturated/α-hetero) is 1. The van der Waals surface area contributed by atoms with E-state index in [1.54, 1.807) is 14.2 Å². The fourth-order valence-corrected chi connectivity index (χ4v) is 3.88. The predicted molar refractivity (Wildman–Crippen MR) is 78.3 cm³/mol. The van der Waals surface area contributed by atoms with Gasteiger partial charge in [-0.1, -0.05) is 12.1 Å². The summed E-state index contributed by atoms with van der Waals surface area (Å²) in [6.45, 7) is 0.735. The van der Waals surface area contributed by atoms with Crippen molar-refractivity contribution >= 4 is 5.78 Å². The van der Waals surface area contributed by atoms with Crippen molar-refractivity contribution < 1.29 is 19.0 Å². The summed E-state index contributed by atoms with van der Waals surface area (Å²) in [5, 5.41) is 0. The third kappa shape index (κ3) is 2.70. The minimum Gasteiger partial charge on any atom is -0.496 e. The van der Waals surface area contributed by atoms with Gasteiger partial charge in [0.2, 0.25) is 0 Å². The van der Waals surface area contributed by atoms with Crippen molar-refractivity contribution in [1.82, 2.24) is 0 Å². The van der Waals surface area contributed by atoms with Gasteiger partial charge < -0.3 is 14.2 Å². The first kappa shape index (κ1) is 14.5. The van der Waals surface area contributed by atoms with Gasteiger partial charge in [0.15, 0.2) is 0 Å². The van der Waals surface area contributed by atoms with Crippen molar-refractivity contribution in [3.8, 4) is 5.75 Å².